The second-order valence-corrected chi connectivity index (χ2v) is 6.26. The van der Waals surface area contributed by atoms with E-state index in [4.69, 9.17) is 4.74 Å². The molecule has 1 aliphatic carbocycles. The van der Waals surface area contributed by atoms with Crippen molar-refractivity contribution in [2.75, 3.05) is 13.1 Å². The normalized spacial score (nSPS) is 23.9. The van der Waals surface area contributed by atoms with Crippen LogP contribution in [-0.2, 0) is 11.3 Å². The number of hydrogen-bond donors (Lipinski definition) is 2. The maximum Gasteiger partial charge on any atom is 0.407 e. The molecule has 1 amide bonds. The monoisotopic (exact) mass is 288 g/mol. The van der Waals surface area contributed by atoms with Crippen LogP contribution in [-0.4, -0.2) is 25.2 Å². The predicted octanol–water partition coefficient (Wildman–Crippen LogP) is 2.84. The second-order valence-electron chi connectivity index (χ2n) is 6.26. The van der Waals surface area contributed by atoms with Gasteiger partial charge in [-0.15, -0.1) is 0 Å². The van der Waals surface area contributed by atoms with Crippen LogP contribution in [0.3, 0.4) is 0 Å². The molecule has 1 saturated heterocycles. The van der Waals surface area contributed by atoms with Crippen molar-refractivity contribution in [2.45, 2.75) is 44.8 Å². The van der Waals surface area contributed by atoms with Gasteiger partial charge in [-0.3, -0.25) is 0 Å². The molecule has 0 radical (unpaired) electrons. The Bertz CT molecular complexity index is 469. The minimum absolute atomic E-state index is 0.274. The molecule has 1 spiro atoms. The van der Waals surface area contributed by atoms with Crippen molar-refractivity contribution in [3.05, 3.63) is 35.9 Å². The number of ether oxygens (including phenoxy) is 1. The first-order valence-corrected chi connectivity index (χ1v) is 7.96. The lowest BCUT2D eigenvalue weighted by atomic mass is 9.74. The fourth-order valence-corrected chi connectivity index (χ4v) is 3.79. The van der Waals surface area contributed by atoms with Crippen LogP contribution in [0.5, 0.6) is 0 Å². The molecule has 4 heteroatoms. The first kappa shape index (κ1) is 14.4. The van der Waals surface area contributed by atoms with Crippen LogP contribution in [0.2, 0.25) is 0 Å². The number of nitrogens with one attached hydrogen (secondary N) is 2. The number of hydrogen-bond acceptors (Lipinski definition) is 3. The minimum Gasteiger partial charge on any atom is -0.445 e. The molecule has 2 N–H and O–H groups in total. The second kappa shape index (κ2) is 6.48. The SMILES string of the molecule is O=C(NC1CCCC12CCNCC2)OCc1ccccc1. The number of amides is 1. The summed E-state index contributed by atoms with van der Waals surface area (Å²) in [5.74, 6) is 0. The zero-order valence-electron chi connectivity index (χ0n) is 12.4. The van der Waals surface area contributed by atoms with Gasteiger partial charge in [0.05, 0.1) is 0 Å². The van der Waals surface area contributed by atoms with E-state index in [-0.39, 0.29) is 12.1 Å². The molecule has 1 unspecified atom stereocenters. The highest BCUT2D eigenvalue weighted by Gasteiger charge is 2.44. The lowest BCUT2D eigenvalue weighted by molar-refractivity contribution is 0.113. The number of carbonyl (C=O) groups excluding carboxylic acids is 1. The lowest BCUT2D eigenvalue weighted by Gasteiger charge is -2.39. The van der Waals surface area contributed by atoms with E-state index in [1.165, 1.54) is 12.8 Å². The lowest BCUT2D eigenvalue weighted by Crippen LogP contribution is -2.49. The summed E-state index contributed by atoms with van der Waals surface area (Å²) in [6, 6.07) is 10.1. The highest BCUT2D eigenvalue weighted by molar-refractivity contribution is 5.67. The summed E-state index contributed by atoms with van der Waals surface area (Å²) < 4.78 is 5.36. The third kappa shape index (κ3) is 3.38. The summed E-state index contributed by atoms with van der Waals surface area (Å²) in [4.78, 5) is 12.0. The Kier molecular flexibility index (Phi) is 4.44. The molecule has 2 aliphatic rings. The average Bonchev–Trinajstić information content (AvgIpc) is 2.89. The van der Waals surface area contributed by atoms with Gasteiger partial charge in [-0.1, -0.05) is 36.8 Å². The van der Waals surface area contributed by atoms with Gasteiger partial charge in [0.2, 0.25) is 0 Å². The Balaban J connectivity index is 1.52. The molecule has 114 valence electrons. The molecule has 0 aromatic heterocycles. The van der Waals surface area contributed by atoms with E-state index in [1.54, 1.807) is 0 Å². The van der Waals surface area contributed by atoms with E-state index in [9.17, 15) is 4.79 Å². The summed E-state index contributed by atoms with van der Waals surface area (Å²) in [6.07, 6.45) is 5.58. The Labute approximate surface area is 126 Å². The van der Waals surface area contributed by atoms with Gasteiger partial charge in [-0.2, -0.15) is 0 Å². The fourth-order valence-electron chi connectivity index (χ4n) is 3.79. The van der Waals surface area contributed by atoms with Gasteiger partial charge in [-0.05, 0) is 49.8 Å². The zero-order chi connectivity index (χ0) is 14.5. The van der Waals surface area contributed by atoms with Crippen LogP contribution in [0.15, 0.2) is 30.3 Å². The highest BCUT2D eigenvalue weighted by atomic mass is 16.5. The van der Waals surface area contributed by atoms with E-state index >= 15 is 0 Å². The molecule has 1 atom stereocenters. The van der Waals surface area contributed by atoms with Crippen molar-refractivity contribution in [1.82, 2.24) is 10.6 Å². The predicted molar refractivity (Wildman–Crippen MR) is 81.9 cm³/mol. The first-order chi connectivity index (χ1) is 10.3. The summed E-state index contributed by atoms with van der Waals surface area (Å²) >= 11 is 0. The molecule has 1 aromatic carbocycles. The van der Waals surface area contributed by atoms with Gasteiger partial charge in [0.1, 0.15) is 6.61 Å². The Hall–Kier alpha value is -1.55. The third-order valence-corrected chi connectivity index (χ3v) is 5.01. The van der Waals surface area contributed by atoms with Crippen LogP contribution >= 0.6 is 0 Å². The van der Waals surface area contributed by atoms with E-state index < -0.39 is 0 Å². The van der Waals surface area contributed by atoms with Gasteiger partial charge in [0, 0.05) is 6.04 Å². The molecule has 1 saturated carbocycles. The number of carbonyl (C=O) groups is 1. The summed E-state index contributed by atoms with van der Waals surface area (Å²) in [6.45, 7) is 2.47. The smallest absolute Gasteiger partial charge is 0.407 e. The van der Waals surface area contributed by atoms with Crippen molar-refractivity contribution >= 4 is 6.09 Å². The van der Waals surface area contributed by atoms with E-state index in [0.29, 0.717) is 12.0 Å². The molecule has 1 aliphatic heterocycles. The molecule has 3 rings (SSSR count). The fraction of sp³-hybridized carbons (Fsp3) is 0.588. The maximum absolute atomic E-state index is 12.0. The maximum atomic E-state index is 12.0. The van der Waals surface area contributed by atoms with Crippen molar-refractivity contribution < 1.29 is 9.53 Å². The molecular weight excluding hydrogens is 264 g/mol. The van der Waals surface area contributed by atoms with Crippen molar-refractivity contribution in [2.24, 2.45) is 5.41 Å². The number of benzene rings is 1. The topological polar surface area (TPSA) is 50.4 Å². The Morgan fingerprint density at radius 3 is 2.76 bits per heavy atom. The van der Waals surface area contributed by atoms with Gasteiger partial charge in [0.25, 0.3) is 0 Å². The van der Waals surface area contributed by atoms with Crippen LogP contribution in [0.4, 0.5) is 4.79 Å². The van der Waals surface area contributed by atoms with E-state index in [0.717, 1.165) is 37.9 Å². The molecule has 1 aromatic rings. The molecule has 0 bridgehead atoms. The van der Waals surface area contributed by atoms with Crippen LogP contribution in [0.25, 0.3) is 0 Å². The van der Waals surface area contributed by atoms with Gasteiger partial charge in [0.15, 0.2) is 0 Å². The van der Waals surface area contributed by atoms with Gasteiger partial charge >= 0.3 is 6.09 Å². The Morgan fingerprint density at radius 1 is 1.24 bits per heavy atom. The first-order valence-electron chi connectivity index (χ1n) is 7.96. The summed E-state index contributed by atoms with van der Waals surface area (Å²) in [5.41, 5.74) is 1.33. The molecule has 2 fully saturated rings. The van der Waals surface area contributed by atoms with Crippen molar-refractivity contribution in [3.63, 3.8) is 0 Å². The Morgan fingerprint density at radius 2 is 2.00 bits per heavy atom. The number of piperidine rings is 1. The largest absolute Gasteiger partial charge is 0.445 e. The molecule has 4 nitrogen and oxygen atoms in total. The van der Waals surface area contributed by atoms with Gasteiger partial charge in [-0.25, -0.2) is 4.79 Å². The quantitative estimate of drug-likeness (QED) is 0.899. The highest BCUT2D eigenvalue weighted by Crippen LogP contribution is 2.45. The van der Waals surface area contributed by atoms with E-state index in [1.807, 2.05) is 30.3 Å². The van der Waals surface area contributed by atoms with E-state index in [2.05, 4.69) is 10.6 Å². The third-order valence-electron chi connectivity index (χ3n) is 5.01. The average molecular weight is 288 g/mol. The standard InChI is InChI=1S/C17H24N2O2/c20-16(21-13-14-5-2-1-3-6-14)19-15-7-4-8-17(15)9-11-18-12-10-17/h1-3,5-6,15,18H,4,7-13H2,(H,19,20). The molecule has 21 heavy (non-hydrogen) atoms. The minimum atomic E-state index is -0.274. The van der Waals surface area contributed by atoms with Crippen LogP contribution in [0, 0.1) is 5.41 Å². The number of rotatable bonds is 3. The van der Waals surface area contributed by atoms with Crippen LogP contribution < -0.4 is 10.6 Å². The zero-order valence-corrected chi connectivity index (χ0v) is 12.4. The number of alkyl carbamates (subject to hydrolysis) is 1. The molecule has 1 heterocycles. The summed E-state index contributed by atoms with van der Waals surface area (Å²) in [7, 11) is 0. The van der Waals surface area contributed by atoms with Crippen molar-refractivity contribution in [3.8, 4) is 0 Å². The molecular formula is C17H24N2O2. The van der Waals surface area contributed by atoms with Gasteiger partial charge < -0.3 is 15.4 Å². The van der Waals surface area contributed by atoms with Crippen LogP contribution in [0.1, 0.15) is 37.7 Å². The summed E-state index contributed by atoms with van der Waals surface area (Å²) in [5, 5.41) is 6.53. The van der Waals surface area contributed by atoms with Crippen molar-refractivity contribution in [1.29, 1.82) is 0 Å².